The molecule has 0 radical (unpaired) electrons. The zero-order chi connectivity index (χ0) is 21.3. The molecule has 0 bridgehead atoms. The highest BCUT2D eigenvalue weighted by molar-refractivity contribution is 6.33. The van der Waals surface area contributed by atoms with Crippen LogP contribution in [0.2, 0.25) is 5.02 Å². The van der Waals surface area contributed by atoms with Crippen LogP contribution in [0.3, 0.4) is 0 Å². The van der Waals surface area contributed by atoms with Gasteiger partial charge in [0, 0.05) is 19.5 Å². The van der Waals surface area contributed by atoms with Crippen LogP contribution in [0.1, 0.15) is 29.0 Å². The minimum Gasteiger partial charge on any atom is -0.339 e. The number of para-hydroxylation sites is 1. The molecule has 1 aliphatic rings. The van der Waals surface area contributed by atoms with Crippen molar-refractivity contribution in [3.63, 3.8) is 0 Å². The molecule has 1 saturated heterocycles. The second kappa shape index (κ2) is 8.39. The fourth-order valence-corrected chi connectivity index (χ4v) is 4.03. The van der Waals surface area contributed by atoms with Gasteiger partial charge in [-0.05, 0) is 49.1 Å². The fourth-order valence-electron chi connectivity index (χ4n) is 3.78. The van der Waals surface area contributed by atoms with E-state index in [4.69, 9.17) is 11.6 Å². The van der Waals surface area contributed by atoms with Crippen molar-refractivity contribution < 1.29 is 13.6 Å². The van der Waals surface area contributed by atoms with Crippen LogP contribution in [-0.2, 0) is 6.42 Å². The summed E-state index contributed by atoms with van der Waals surface area (Å²) in [6.07, 6.45) is 1.87. The van der Waals surface area contributed by atoms with Crippen LogP contribution in [-0.4, -0.2) is 38.7 Å². The molecule has 0 aliphatic carbocycles. The molecule has 6 nitrogen and oxygen atoms in total. The summed E-state index contributed by atoms with van der Waals surface area (Å²) in [5, 5.41) is 6.56. The SMILES string of the molecule is O=C(c1ccc(F)cc1Cl)N1CCC(Cc2n[nH]c(=O)n2-c2ccccc2F)CC1. The number of carbonyl (C=O) groups excluding carboxylic acids is 1. The second-order valence-electron chi connectivity index (χ2n) is 7.30. The Hall–Kier alpha value is -3.00. The maximum Gasteiger partial charge on any atom is 0.348 e. The van der Waals surface area contributed by atoms with Gasteiger partial charge in [0.2, 0.25) is 0 Å². The fraction of sp³-hybridized carbons (Fsp3) is 0.286. The quantitative estimate of drug-likeness (QED) is 0.685. The molecule has 1 aromatic heterocycles. The van der Waals surface area contributed by atoms with Gasteiger partial charge in [0.15, 0.2) is 0 Å². The highest BCUT2D eigenvalue weighted by Gasteiger charge is 2.27. The second-order valence-corrected chi connectivity index (χ2v) is 7.70. The molecule has 30 heavy (non-hydrogen) atoms. The van der Waals surface area contributed by atoms with Crippen molar-refractivity contribution in [1.29, 1.82) is 0 Å². The van der Waals surface area contributed by atoms with Gasteiger partial charge in [-0.25, -0.2) is 23.2 Å². The van der Waals surface area contributed by atoms with Crippen LogP contribution in [0.15, 0.2) is 47.3 Å². The molecule has 1 fully saturated rings. The Labute approximate surface area is 176 Å². The van der Waals surface area contributed by atoms with Crippen LogP contribution in [0.25, 0.3) is 5.69 Å². The number of nitrogens with one attached hydrogen (secondary N) is 1. The van der Waals surface area contributed by atoms with Crippen LogP contribution in [0, 0.1) is 17.6 Å². The average Bonchev–Trinajstić information content (AvgIpc) is 3.08. The van der Waals surface area contributed by atoms with Gasteiger partial charge < -0.3 is 4.90 Å². The lowest BCUT2D eigenvalue weighted by Gasteiger charge is -2.32. The van der Waals surface area contributed by atoms with Crippen LogP contribution in [0.4, 0.5) is 8.78 Å². The molecule has 3 aromatic rings. The Morgan fingerprint density at radius 2 is 1.90 bits per heavy atom. The molecule has 2 aromatic carbocycles. The van der Waals surface area contributed by atoms with Crippen LogP contribution >= 0.6 is 11.6 Å². The Kier molecular flexibility index (Phi) is 5.67. The number of hydrogen-bond acceptors (Lipinski definition) is 3. The number of halogens is 3. The van der Waals surface area contributed by atoms with Gasteiger partial charge in [-0.2, -0.15) is 5.10 Å². The summed E-state index contributed by atoms with van der Waals surface area (Å²) in [4.78, 5) is 26.6. The molecule has 1 aliphatic heterocycles. The van der Waals surface area contributed by atoms with Crippen LogP contribution < -0.4 is 5.69 Å². The number of aromatic nitrogens is 3. The van der Waals surface area contributed by atoms with Crippen molar-refractivity contribution in [3.05, 3.63) is 81.0 Å². The van der Waals surface area contributed by atoms with E-state index in [1.165, 1.54) is 28.8 Å². The molecule has 0 atom stereocenters. The van der Waals surface area contributed by atoms with Crippen molar-refractivity contribution in [2.75, 3.05) is 13.1 Å². The Balaban J connectivity index is 1.44. The van der Waals surface area contributed by atoms with E-state index in [2.05, 4.69) is 10.2 Å². The predicted molar refractivity (Wildman–Crippen MR) is 108 cm³/mol. The van der Waals surface area contributed by atoms with Crippen molar-refractivity contribution in [2.45, 2.75) is 19.3 Å². The number of aromatic amines is 1. The van der Waals surface area contributed by atoms with Gasteiger partial charge in [-0.3, -0.25) is 4.79 Å². The van der Waals surface area contributed by atoms with E-state index in [0.717, 1.165) is 6.07 Å². The summed E-state index contributed by atoms with van der Waals surface area (Å²) in [7, 11) is 0. The maximum absolute atomic E-state index is 14.2. The number of piperidine rings is 1. The summed E-state index contributed by atoms with van der Waals surface area (Å²) in [5.74, 6) is -0.592. The lowest BCUT2D eigenvalue weighted by atomic mass is 9.92. The average molecular weight is 433 g/mol. The first-order chi connectivity index (χ1) is 14.4. The number of nitrogens with zero attached hydrogens (tertiary/aromatic N) is 3. The third-order valence-corrected chi connectivity index (χ3v) is 5.68. The number of benzene rings is 2. The summed E-state index contributed by atoms with van der Waals surface area (Å²) in [6.45, 7) is 1.01. The van der Waals surface area contributed by atoms with E-state index in [1.807, 2.05) is 0 Å². The van der Waals surface area contributed by atoms with Gasteiger partial charge in [-0.15, -0.1) is 0 Å². The van der Waals surface area contributed by atoms with E-state index < -0.39 is 17.3 Å². The first-order valence-corrected chi connectivity index (χ1v) is 9.97. The Morgan fingerprint density at radius 1 is 1.17 bits per heavy atom. The molecule has 156 valence electrons. The van der Waals surface area contributed by atoms with Crippen LogP contribution in [0.5, 0.6) is 0 Å². The molecule has 2 heterocycles. The number of H-pyrrole nitrogens is 1. The molecule has 1 N–H and O–H groups in total. The molecular weight excluding hydrogens is 414 g/mol. The highest BCUT2D eigenvalue weighted by Crippen LogP contribution is 2.25. The standard InChI is InChI=1S/C21H19ClF2N4O2/c22-16-12-14(23)5-6-15(16)20(29)27-9-7-13(8-10-27)11-19-25-26-21(30)28(19)18-4-2-1-3-17(18)24/h1-6,12-13H,7-11H2,(H,26,30). The lowest BCUT2D eigenvalue weighted by Crippen LogP contribution is -2.39. The third-order valence-electron chi connectivity index (χ3n) is 5.37. The normalized spacial score (nSPS) is 14.8. The highest BCUT2D eigenvalue weighted by atomic mass is 35.5. The van der Waals surface area contributed by atoms with Gasteiger partial charge in [0.25, 0.3) is 5.91 Å². The number of carbonyl (C=O) groups is 1. The predicted octanol–water partition coefficient (Wildman–Crippen LogP) is 3.59. The van der Waals surface area contributed by atoms with E-state index in [0.29, 0.717) is 38.2 Å². The largest absolute Gasteiger partial charge is 0.348 e. The molecule has 9 heteroatoms. The minimum atomic E-state index is -0.501. The van der Waals surface area contributed by atoms with Crippen molar-refractivity contribution in [1.82, 2.24) is 19.7 Å². The summed E-state index contributed by atoms with van der Waals surface area (Å²) in [5.41, 5.74) is -0.0595. The zero-order valence-corrected chi connectivity index (χ0v) is 16.7. The summed E-state index contributed by atoms with van der Waals surface area (Å²) >= 11 is 6.01. The van der Waals surface area contributed by atoms with Gasteiger partial charge in [0.05, 0.1) is 16.3 Å². The van der Waals surface area contributed by atoms with Crippen molar-refractivity contribution >= 4 is 17.5 Å². The van der Waals surface area contributed by atoms with E-state index in [9.17, 15) is 18.4 Å². The molecular formula is C21H19ClF2N4O2. The molecule has 0 saturated carbocycles. The smallest absolute Gasteiger partial charge is 0.339 e. The van der Waals surface area contributed by atoms with E-state index in [1.54, 1.807) is 17.0 Å². The molecule has 0 spiro atoms. The monoisotopic (exact) mass is 432 g/mol. The lowest BCUT2D eigenvalue weighted by molar-refractivity contribution is 0.0690. The topological polar surface area (TPSA) is 71.0 Å². The number of rotatable bonds is 4. The molecule has 1 amide bonds. The van der Waals surface area contributed by atoms with Gasteiger partial charge >= 0.3 is 5.69 Å². The molecule has 4 rings (SSSR count). The Morgan fingerprint density at radius 3 is 2.60 bits per heavy atom. The minimum absolute atomic E-state index is 0.0903. The summed E-state index contributed by atoms with van der Waals surface area (Å²) < 4.78 is 28.7. The maximum atomic E-state index is 14.2. The third kappa shape index (κ3) is 4.00. The first kappa shape index (κ1) is 20.3. The van der Waals surface area contributed by atoms with Crippen molar-refractivity contribution in [3.8, 4) is 5.69 Å². The Bertz CT molecular complexity index is 1140. The number of amides is 1. The molecule has 0 unspecified atom stereocenters. The van der Waals surface area contributed by atoms with Gasteiger partial charge in [0.1, 0.15) is 17.5 Å². The number of likely N-dealkylation sites (tertiary alicyclic amines) is 1. The van der Waals surface area contributed by atoms with Gasteiger partial charge in [-0.1, -0.05) is 23.7 Å². The summed E-state index contributed by atoms with van der Waals surface area (Å²) in [6, 6.07) is 9.78. The zero-order valence-electron chi connectivity index (χ0n) is 15.9. The van der Waals surface area contributed by atoms with E-state index >= 15 is 0 Å². The van der Waals surface area contributed by atoms with E-state index in [-0.39, 0.29) is 28.1 Å². The number of hydrogen-bond donors (Lipinski definition) is 1. The first-order valence-electron chi connectivity index (χ1n) is 9.59. The van der Waals surface area contributed by atoms with Crippen molar-refractivity contribution in [2.24, 2.45) is 5.92 Å².